The normalized spacial score (nSPS) is 11.7. The number of esters is 1. The highest BCUT2D eigenvalue weighted by Crippen LogP contribution is 2.34. The van der Waals surface area contributed by atoms with E-state index in [9.17, 15) is 14.4 Å². The van der Waals surface area contributed by atoms with Crippen LogP contribution in [0.3, 0.4) is 0 Å². The highest BCUT2D eigenvalue weighted by molar-refractivity contribution is 5.96. The maximum absolute atomic E-state index is 11.8. The van der Waals surface area contributed by atoms with Crippen molar-refractivity contribution in [1.82, 2.24) is 0 Å². The lowest BCUT2D eigenvalue weighted by molar-refractivity contribution is -0.119. The monoisotopic (exact) mass is 327 g/mol. The van der Waals surface area contributed by atoms with E-state index >= 15 is 0 Å². The van der Waals surface area contributed by atoms with Gasteiger partial charge < -0.3 is 19.5 Å². The first-order valence-electron chi connectivity index (χ1n) is 7.07. The number of fused-ring (bicyclic) bond motifs is 1. The first-order valence-corrected chi connectivity index (χ1v) is 7.07. The molecule has 24 heavy (non-hydrogen) atoms. The molecule has 1 heterocycles. The van der Waals surface area contributed by atoms with E-state index in [1.165, 1.54) is 24.3 Å². The molecule has 0 saturated heterocycles. The number of aldehydes is 1. The molecule has 0 aromatic heterocycles. The predicted molar refractivity (Wildman–Crippen MR) is 83.3 cm³/mol. The molecule has 1 amide bonds. The second kappa shape index (κ2) is 6.82. The molecule has 0 spiro atoms. The number of hydrogen-bond donors (Lipinski definition) is 1. The first-order chi connectivity index (χ1) is 11.7. The first kappa shape index (κ1) is 15.5. The van der Waals surface area contributed by atoms with Gasteiger partial charge in [-0.1, -0.05) is 12.1 Å². The van der Waals surface area contributed by atoms with Crippen LogP contribution in [0.15, 0.2) is 42.5 Å². The summed E-state index contributed by atoms with van der Waals surface area (Å²) in [5, 5.41) is 2.60. The third-order valence-corrected chi connectivity index (χ3v) is 3.27. The number of carbonyl (C=O) groups excluding carboxylic acids is 3. The van der Waals surface area contributed by atoms with Crippen molar-refractivity contribution in [2.24, 2.45) is 0 Å². The Morgan fingerprint density at radius 2 is 1.83 bits per heavy atom. The Balaban J connectivity index is 1.53. The molecule has 2 aromatic carbocycles. The summed E-state index contributed by atoms with van der Waals surface area (Å²) in [4.78, 5) is 34.2. The van der Waals surface area contributed by atoms with E-state index in [0.29, 0.717) is 29.0 Å². The van der Waals surface area contributed by atoms with E-state index in [-0.39, 0.29) is 12.4 Å². The molecule has 0 unspecified atom stereocenters. The lowest BCUT2D eigenvalue weighted by Gasteiger charge is -2.07. The van der Waals surface area contributed by atoms with E-state index < -0.39 is 18.5 Å². The topological polar surface area (TPSA) is 90.9 Å². The van der Waals surface area contributed by atoms with Crippen molar-refractivity contribution >= 4 is 23.9 Å². The van der Waals surface area contributed by atoms with E-state index in [2.05, 4.69) is 5.32 Å². The smallest absolute Gasteiger partial charge is 0.338 e. The molecular weight excluding hydrogens is 314 g/mol. The number of rotatable bonds is 5. The Bertz CT molecular complexity index is 784. The zero-order valence-electron chi connectivity index (χ0n) is 12.5. The minimum Gasteiger partial charge on any atom is -0.454 e. The van der Waals surface area contributed by atoms with Gasteiger partial charge in [-0.3, -0.25) is 9.59 Å². The van der Waals surface area contributed by atoms with Crippen LogP contribution >= 0.6 is 0 Å². The average Bonchev–Trinajstić information content (AvgIpc) is 3.07. The molecule has 0 atom stereocenters. The van der Waals surface area contributed by atoms with Gasteiger partial charge >= 0.3 is 5.97 Å². The fourth-order valence-corrected chi connectivity index (χ4v) is 2.08. The molecule has 3 rings (SSSR count). The van der Waals surface area contributed by atoms with Crippen LogP contribution < -0.4 is 14.8 Å². The number of amides is 1. The van der Waals surface area contributed by atoms with Gasteiger partial charge in [0.05, 0.1) is 5.56 Å². The van der Waals surface area contributed by atoms with Crippen molar-refractivity contribution in [3.05, 3.63) is 53.6 Å². The Labute approximate surface area is 137 Å². The number of hydrogen-bond acceptors (Lipinski definition) is 6. The van der Waals surface area contributed by atoms with Crippen molar-refractivity contribution in [3.8, 4) is 11.5 Å². The third-order valence-electron chi connectivity index (χ3n) is 3.27. The summed E-state index contributed by atoms with van der Waals surface area (Å²) in [6.45, 7) is -0.282. The van der Waals surface area contributed by atoms with Crippen LogP contribution in [0, 0.1) is 0 Å². The maximum Gasteiger partial charge on any atom is 0.338 e. The number of ether oxygens (including phenoxy) is 3. The molecule has 1 aliphatic heterocycles. The molecule has 7 heteroatoms. The van der Waals surface area contributed by atoms with Gasteiger partial charge in [-0.25, -0.2) is 4.79 Å². The van der Waals surface area contributed by atoms with Crippen molar-refractivity contribution in [2.75, 3.05) is 18.7 Å². The maximum atomic E-state index is 11.8. The molecular formula is C17H13NO6. The molecule has 0 bridgehead atoms. The van der Waals surface area contributed by atoms with Crippen LogP contribution in [-0.4, -0.2) is 31.6 Å². The summed E-state index contributed by atoms with van der Waals surface area (Å²) in [6.07, 6.45) is 0.675. The van der Waals surface area contributed by atoms with Gasteiger partial charge in [-0.2, -0.15) is 0 Å². The molecule has 0 fully saturated rings. The quantitative estimate of drug-likeness (QED) is 0.667. The third kappa shape index (κ3) is 3.52. The summed E-state index contributed by atoms with van der Waals surface area (Å²) in [6, 6.07) is 10.9. The van der Waals surface area contributed by atoms with E-state index in [1.54, 1.807) is 18.2 Å². The Morgan fingerprint density at radius 1 is 1.08 bits per heavy atom. The molecule has 1 N–H and O–H groups in total. The van der Waals surface area contributed by atoms with Gasteiger partial charge in [0.15, 0.2) is 18.1 Å². The summed E-state index contributed by atoms with van der Waals surface area (Å²) in [5.41, 5.74) is 1.22. The Morgan fingerprint density at radius 3 is 2.58 bits per heavy atom. The molecule has 0 saturated carbocycles. The largest absolute Gasteiger partial charge is 0.454 e. The van der Waals surface area contributed by atoms with Gasteiger partial charge in [0.25, 0.3) is 5.91 Å². The van der Waals surface area contributed by atoms with Crippen molar-refractivity contribution in [2.45, 2.75) is 0 Å². The Hall–Kier alpha value is -3.35. The molecule has 0 radical (unpaired) electrons. The summed E-state index contributed by atoms with van der Waals surface area (Å²) in [7, 11) is 0. The molecule has 7 nitrogen and oxygen atoms in total. The van der Waals surface area contributed by atoms with Gasteiger partial charge in [0, 0.05) is 17.3 Å². The predicted octanol–water partition coefficient (Wildman–Crippen LogP) is 2.02. The second-order valence-electron chi connectivity index (χ2n) is 4.93. The number of benzene rings is 2. The molecule has 2 aromatic rings. The highest BCUT2D eigenvalue weighted by atomic mass is 16.7. The molecule has 1 aliphatic rings. The van der Waals surface area contributed by atoms with Crippen molar-refractivity contribution < 1.29 is 28.6 Å². The minimum atomic E-state index is -0.645. The second-order valence-corrected chi connectivity index (χ2v) is 4.93. The standard InChI is InChI=1S/C17H13NO6/c19-8-11-1-3-12(4-2-11)17(21)22-9-16(20)18-13-5-6-14-15(7-13)24-10-23-14/h1-8H,9-10H2,(H,18,20). The molecule has 122 valence electrons. The highest BCUT2D eigenvalue weighted by Gasteiger charge is 2.15. The summed E-state index contributed by atoms with van der Waals surface area (Å²) >= 11 is 0. The van der Waals surface area contributed by atoms with Gasteiger partial charge in [0.1, 0.15) is 6.29 Å². The minimum absolute atomic E-state index is 0.146. The number of nitrogens with one attached hydrogen (secondary N) is 1. The zero-order chi connectivity index (χ0) is 16.9. The van der Waals surface area contributed by atoms with E-state index in [0.717, 1.165) is 0 Å². The van der Waals surface area contributed by atoms with Gasteiger partial charge in [-0.15, -0.1) is 0 Å². The fourth-order valence-electron chi connectivity index (χ4n) is 2.08. The SMILES string of the molecule is O=Cc1ccc(C(=O)OCC(=O)Nc2ccc3c(c2)OCO3)cc1. The van der Waals surface area contributed by atoms with Crippen LogP contribution in [0.25, 0.3) is 0 Å². The van der Waals surface area contributed by atoms with Crippen LogP contribution in [0.4, 0.5) is 5.69 Å². The van der Waals surface area contributed by atoms with Gasteiger partial charge in [-0.05, 0) is 24.3 Å². The fraction of sp³-hybridized carbons (Fsp3) is 0.118. The number of carbonyl (C=O) groups is 3. The van der Waals surface area contributed by atoms with E-state index in [4.69, 9.17) is 14.2 Å². The number of anilines is 1. The van der Waals surface area contributed by atoms with Crippen LogP contribution in [0.2, 0.25) is 0 Å². The van der Waals surface area contributed by atoms with Crippen LogP contribution in [0.1, 0.15) is 20.7 Å². The summed E-state index contributed by atoms with van der Waals surface area (Å²) < 4.78 is 15.3. The zero-order valence-corrected chi connectivity index (χ0v) is 12.5. The van der Waals surface area contributed by atoms with Crippen LogP contribution in [-0.2, 0) is 9.53 Å². The lowest BCUT2D eigenvalue weighted by atomic mass is 10.1. The lowest BCUT2D eigenvalue weighted by Crippen LogP contribution is -2.20. The average molecular weight is 327 g/mol. The Kier molecular flexibility index (Phi) is 4.42. The van der Waals surface area contributed by atoms with E-state index in [1.807, 2.05) is 0 Å². The van der Waals surface area contributed by atoms with Crippen molar-refractivity contribution in [3.63, 3.8) is 0 Å². The van der Waals surface area contributed by atoms with Crippen LogP contribution in [0.5, 0.6) is 11.5 Å². The van der Waals surface area contributed by atoms with Gasteiger partial charge in [0.2, 0.25) is 6.79 Å². The van der Waals surface area contributed by atoms with Crippen molar-refractivity contribution in [1.29, 1.82) is 0 Å². The molecule has 0 aliphatic carbocycles. The summed E-state index contributed by atoms with van der Waals surface area (Å²) in [5.74, 6) is 0.0262.